The summed E-state index contributed by atoms with van der Waals surface area (Å²) in [6, 6.07) is 18.7. The Hall–Kier alpha value is -1.86. The first-order valence-electron chi connectivity index (χ1n) is 7.82. The summed E-state index contributed by atoms with van der Waals surface area (Å²) in [5.41, 5.74) is 3.12. The van der Waals surface area contributed by atoms with E-state index in [1.807, 2.05) is 0 Å². The van der Waals surface area contributed by atoms with E-state index >= 15 is 0 Å². The van der Waals surface area contributed by atoms with Crippen LogP contribution in [0, 0.1) is 0 Å². The van der Waals surface area contributed by atoms with Crippen LogP contribution < -0.4 is 0 Å². The lowest BCUT2D eigenvalue weighted by Gasteiger charge is -2.30. The van der Waals surface area contributed by atoms with Crippen molar-refractivity contribution in [3.8, 4) is 0 Å². The quantitative estimate of drug-likeness (QED) is 0.595. The van der Waals surface area contributed by atoms with E-state index in [-0.39, 0.29) is 0 Å². The first kappa shape index (κ1) is 12.8. The van der Waals surface area contributed by atoms with Gasteiger partial charge in [0.25, 0.3) is 0 Å². The Labute approximate surface area is 126 Å². The zero-order valence-corrected chi connectivity index (χ0v) is 12.8. The van der Waals surface area contributed by atoms with Crippen LogP contribution in [0.1, 0.15) is 17.5 Å². The molecule has 4 rings (SSSR count). The molecule has 106 valence electrons. The highest BCUT2D eigenvalue weighted by Gasteiger charge is 2.21. The first-order chi connectivity index (χ1) is 10.2. The van der Waals surface area contributed by atoms with Crippen LogP contribution in [0.3, 0.4) is 0 Å². The molecule has 1 aliphatic rings. The summed E-state index contributed by atoms with van der Waals surface area (Å²) in [5.74, 6) is 0. The second-order valence-corrected chi connectivity index (χ2v) is 6.45. The van der Waals surface area contributed by atoms with E-state index in [0.717, 1.165) is 0 Å². The normalized spacial score (nSPS) is 18.3. The molecule has 1 unspecified atom stereocenters. The molecule has 0 amide bonds. The molecule has 1 aliphatic carbocycles. The van der Waals surface area contributed by atoms with Crippen molar-refractivity contribution in [2.24, 2.45) is 0 Å². The number of hydrogen-bond acceptors (Lipinski definition) is 1. The van der Waals surface area contributed by atoms with E-state index in [1.165, 1.54) is 40.8 Å². The number of aryl methyl sites for hydroxylation is 1. The molecule has 0 aliphatic heterocycles. The summed E-state index contributed by atoms with van der Waals surface area (Å²) in [5, 5.41) is 5.60. The van der Waals surface area contributed by atoms with Gasteiger partial charge < -0.3 is 4.90 Å². The Bertz CT molecular complexity index is 817. The second-order valence-electron chi connectivity index (χ2n) is 6.45. The maximum atomic E-state index is 2.37. The third kappa shape index (κ3) is 2.04. The van der Waals surface area contributed by atoms with Crippen molar-refractivity contribution in [1.29, 1.82) is 0 Å². The number of rotatable bonds is 1. The van der Waals surface area contributed by atoms with Crippen molar-refractivity contribution in [3.63, 3.8) is 0 Å². The smallest absolute Gasteiger partial charge is 0.0133 e. The van der Waals surface area contributed by atoms with Crippen LogP contribution in [0.5, 0.6) is 0 Å². The van der Waals surface area contributed by atoms with Crippen LogP contribution in [-0.4, -0.2) is 25.0 Å². The van der Waals surface area contributed by atoms with Crippen molar-refractivity contribution in [2.45, 2.75) is 25.3 Å². The third-order valence-electron chi connectivity index (χ3n) is 5.05. The summed E-state index contributed by atoms with van der Waals surface area (Å²) in [6.45, 7) is 0. The van der Waals surface area contributed by atoms with Gasteiger partial charge in [-0.25, -0.2) is 0 Å². The minimum Gasteiger partial charge on any atom is -0.306 e. The molecule has 0 saturated heterocycles. The third-order valence-corrected chi connectivity index (χ3v) is 5.05. The Kier molecular flexibility index (Phi) is 2.97. The van der Waals surface area contributed by atoms with E-state index in [0.29, 0.717) is 6.04 Å². The SMILES string of the molecule is CN(C)C1CCc2c(ccc3c2ccc2ccccc23)C1. The minimum absolute atomic E-state index is 0.690. The van der Waals surface area contributed by atoms with Gasteiger partial charge in [-0.2, -0.15) is 0 Å². The topological polar surface area (TPSA) is 3.24 Å². The molecule has 0 spiro atoms. The lowest BCUT2D eigenvalue weighted by Crippen LogP contribution is -2.33. The van der Waals surface area contributed by atoms with E-state index in [1.54, 1.807) is 11.1 Å². The van der Waals surface area contributed by atoms with Crippen molar-refractivity contribution >= 4 is 21.5 Å². The molecular weight excluding hydrogens is 254 g/mol. The number of likely N-dealkylation sites (N-methyl/N-ethyl adjacent to an activating group) is 1. The van der Waals surface area contributed by atoms with Crippen LogP contribution in [0.25, 0.3) is 21.5 Å². The molecule has 0 heterocycles. The number of hydrogen-bond donors (Lipinski definition) is 0. The Morgan fingerprint density at radius 3 is 2.52 bits per heavy atom. The molecule has 1 heteroatoms. The monoisotopic (exact) mass is 275 g/mol. The summed E-state index contributed by atoms with van der Waals surface area (Å²) < 4.78 is 0. The van der Waals surface area contributed by atoms with Crippen molar-refractivity contribution < 1.29 is 0 Å². The first-order valence-corrected chi connectivity index (χ1v) is 7.82. The van der Waals surface area contributed by atoms with Gasteiger partial charge in [-0.3, -0.25) is 0 Å². The zero-order chi connectivity index (χ0) is 14.4. The van der Waals surface area contributed by atoms with Crippen molar-refractivity contribution in [1.82, 2.24) is 4.90 Å². The Morgan fingerprint density at radius 1 is 0.857 bits per heavy atom. The number of nitrogens with zero attached hydrogens (tertiary/aromatic N) is 1. The fraction of sp³-hybridized carbons (Fsp3) is 0.300. The molecular formula is C20H21N. The largest absolute Gasteiger partial charge is 0.306 e. The van der Waals surface area contributed by atoms with Crippen LogP contribution in [0.2, 0.25) is 0 Å². The lowest BCUT2D eigenvalue weighted by molar-refractivity contribution is 0.268. The average Bonchev–Trinajstić information content (AvgIpc) is 2.53. The number of fused-ring (bicyclic) bond motifs is 5. The highest BCUT2D eigenvalue weighted by molar-refractivity contribution is 6.08. The van der Waals surface area contributed by atoms with Crippen molar-refractivity contribution in [2.75, 3.05) is 14.1 Å². The molecule has 1 atom stereocenters. The van der Waals surface area contributed by atoms with E-state index in [2.05, 4.69) is 67.5 Å². The van der Waals surface area contributed by atoms with Gasteiger partial charge in [0.2, 0.25) is 0 Å². The van der Waals surface area contributed by atoms with Gasteiger partial charge >= 0.3 is 0 Å². The summed E-state index contributed by atoms with van der Waals surface area (Å²) >= 11 is 0. The molecule has 3 aromatic carbocycles. The number of benzene rings is 3. The summed E-state index contributed by atoms with van der Waals surface area (Å²) in [7, 11) is 4.40. The van der Waals surface area contributed by atoms with Gasteiger partial charge in [-0.15, -0.1) is 0 Å². The van der Waals surface area contributed by atoms with E-state index in [4.69, 9.17) is 0 Å². The highest BCUT2D eigenvalue weighted by Crippen LogP contribution is 2.33. The molecule has 0 fully saturated rings. The summed E-state index contributed by atoms with van der Waals surface area (Å²) in [6.07, 6.45) is 3.66. The molecule has 1 nitrogen and oxygen atoms in total. The molecule has 0 bridgehead atoms. The minimum atomic E-state index is 0.690. The molecule has 0 N–H and O–H groups in total. The van der Waals surface area contributed by atoms with Gasteiger partial charge in [-0.1, -0.05) is 48.5 Å². The average molecular weight is 275 g/mol. The van der Waals surface area contributed by atoms with Gasteiger partial charge in [-0.05, 0) is 66.0 Å². The predicted molar refractivity (Wildman–Crippen MR) is 91.0 cm³/mol. The molecule has 0 aromatic heterocycles. The van der Waals surface area contributed by atoms with Gasteiger partial charge in [0, 0.05) is 6.04 Å². The van der Waals surface area contributed by atoms with Crippen LogP contribution in [-0.2, 0) is 12.8 Å². The standard InChI is InChI=1S/C20H21N/c1-21(2)16-9-12-18-15(13-16)8-11-19-17-6-4-3-5-14(17)7-10-20(18)19/h3-8,10-11,16H,9,12-13H2,1-2H3. The fourth-order valence-corrected chi connectivity index (χ4v) is 3.79. The van der Waals surface area contributed by atoms with Crippen molar-refractivity contribution in [3.05, 3.63) is 59.7 Å². The van der Waals surface area contributed by atoms with Gasteiger partial charge in [0.1, 0.15) is 0 Å². The molecule has 21 heavy (non-hydrogen) atoms. The second kappa shape index (κ2) is 4.85. The molecule has 0 radical (unpaired) electrons. The maximum absolute atomic E-state index is 2.37. The molecule has 0 saturated carbocycles. The van der Waals surface area contributed by atoms with E-state index < -0.39 is 0 Å². The zero-order valence-electron chi connectivity index (χ0n) is 12.8. The highest BCUT2D eigenvalue weighted by atomic mass is 15.1. The fourth-order valence-electron chi connectivity index (χ4n) is 3.79. The van der Waals surface area contributed by atoms with Crippen LogP contribution in [0.4, 0.5) is 0 Å². The maximum Gasteiger partial charge on any atom is 0.0133 e. The predicted octanol–water partition coefficient (Wildman–Crippen LogP) is 4.41. The van der Waals surface area contributed by atoms with Gasteiger partial charge in [0.05, 0.1) is 0 Å². The van der Waals surface area contributed by atoms with Crippen LogP contribution in [0.15, 0.2) is 48.5 Å². The Balaban J connectivity index is 1.93. The molecule has 3 aromatic rings. The van der Waals surface area contributed by atoms with Crippen LogP contribution >= 0.6 is 0 Å². The summed E-state index contributed by atoms with van der Waals surface area (Å²) in [4.78, 5) is 2.37. The lowest BCUT2D eigenvalue weighted by atomic mass is 9.84. The Morgan fingerprint density at radius 2 is 1.67 bits per heavy atom. The van der Waals surface area contributed by atoms with Gasteiger partial charge in [0.15, 0.2) is 0 Å². The van der Waals surface area contributed by atoms with E-state index in [9.17, 15) is 0 Å².